The van der Waals surface area contributed by atoms with E-state index in [0.717, 1.165) is 22.2 Å². The Kier molecular flexibility index (Phi) is 6.47. The van der Waals surface area contributed by atoms with E-state index in [-0.39, 0.29) is 40.4 Å². The second kappa shape index (κ2) is 9.72. The lowest BCUT2D eigenvalue weighted by atomic mass is 10.0. The maximum atomic E-state index is 14.1. The Morgan fingerprint density at radius 2 is 1.81 bits per heavy atom. The van der Waals surface area contributed by atoms with E-state index in [4.69, 9.17) is 23.2 Å². The molecule has 1 amide bonds. The summed E-state index contributed by atoms with van der Waals surface area (Å²) in [5.41, 5.74) is 4.87. The molecule has 3 heterocycles. The van der Waals surface area contributed by atoms with Gasteiger partial charge in [0.15, 0.2) is 11.5 Å². The van der Waals surface area contributed by atoms with Crippen molar-refractivity contribution in [2.75, 3.05) is 5.32 Å². The van der Waals surface area contributed by atoms with Gasteiger partial charge in [-0.1, -0.05) is 59.1 Å². The van der Waals surface area contributed by atoms with Gasteiger partial charge in [-0.2, -0.15) is 10.2 Å². The zero-order valence-corrected chi connectivity index (χ0v) is 21.0. The summed E-state index contributed by atoms with van der Waals surface area (Å²) in [7, 11) is 0. The molecule has 2 aromatic carbocycles. The third kappa shape index (κ3) is 4.69. The normalized spacial score (nSPS) is 11.2. The largest absolute Gasteiger partial charge is 0.306 e. The maximum absolute atomic E-state index is 14.1. The lowest BCUT2D eigenvalue weighted by Crippen LogP contribution is -2.20. The number of halogens is 3. The third-order valence-electron chi connectivity index (χ3n) is 5.82. The highest BCUT2D eigenvalue weighted by Crippen LogP contribution is 2.30. The molecule has 3 aromatic heterocycles. The summed E-state index contributed by atoms with van der Waals surface area (Å²) >= 11 is 12.4. The van der Waals surface area contributed by atoms with Crippen molar-refractivity contribution in [2.24, 2.45) is 0 Å². The summed E-state index contributed by atoms with van der Waals surface area (Å²) in [4.78, 5) is 17.3. The van der Waals surface area contributed by atoms with Gasteiger partial charge >= 0.3 is 0 Å². The molecule has 0 fully saturated rings. The van der Waals surface area contributed by atoms with Crippen molar-refractivity contribution >= 4 is 46.0 Å². The number of hydrogen-bond acceptors (Lipinski definition) is 4. The van der Waals surface area contributed by atoms with E-state index in [2.05, 4.69) is 44.8 Å². The van der Waals surface area contributed by atoms with Crippen LogP contribution in [0.2, 0.25) is 10.0 Å². The minimum Gasteiger partial charge on any atom is -0.306 e. The van der Waals surface area contributed by atoms with Gasteiger partial charge in [0.25, 0.3) is 0 Å². The van der Waals surface area contributed by atoms with Crippen LogP contribution in [-0.2, 0) is 17.9 Å². The van der Waals surface area contributed by atoms with Crippen LogP contribution in [0.4, 0.5) is 10.2 Å². The fourth-order valence-electron chi connectivity index (χ4n) is 4.08. The van der Waals surface area contributed by atoms with Crippen molar-refractivity contribution < 1.29 is 9.18 Å². The van der Waals surface area contributed by atoms with E-state index >= 15 is 0 Å². The molecule has 36 heavy (non-hydrogen) atoms. The molecule has 0 radical (unpaired) electrons. The van der Waals surface area contributed by atoms with Gasteiger partial charge in [-0.3, -0.25) is 9.48 Å². The van der Waals surface area contributed by atoms with Gasteiger partial charge in [0.05, 0.1) is 12.2 Å². The number of anilines is 1. The molecule has 0 saturated carbocycles. The van der Waals surface area contributed by atoms with E-state index in [1.165, 1.54) is 28.6 Å². The SMILES string of the molecule is Cc1ccc(-c2ccnc3c2c(C)nn3CC(=O)Nc2nn(Cc3c(F)cccc3Cl)cc2Cl)cc1. The standard InChI is InChI=1S/C26H21Cl2FN6O/c1-15-6-8-17(9-7-15)18-10-11-30-26-24(18)16(2)32-35(26)14-23(36)31-25-21(28)13-34(33-25)12-19-20(27)4-3-5-22(19)29/h3-11,13H,12,14H2,1-2H3,(H,31,33,36). The molecule has 7 nitrogen and oxygen atoms in total. The van der Waals surface area contributed by atoms with Crippen LogP contribution >= 0.6 is 23.2 Å². The molecule has 0 saturated heterocycles. The van der Waals surface area contributed by atoms with Crippen molar-refractivity contribution in [3.8, 4) is 11.1 Å². The molecule has 0 aliphatic carbocycles. The first kappa shape index (κ1) is 24.0. The number of nitrogens with zero attached hydrogens (tertiary/aromatic N) is 5. The number of aryl methyl sites for hydroxylation is 2. The molecule has 0 aliphatic heterocycles. The van der Waals surface area contributed by atoms with Gasteiger partial charge in [0.2, 0.25) is 5.91 Å². The number of benzene rings is 2. The Bertz CT molecular complexity index is 1570. The molecule has 5 aromatic rings. The number of hydrogen-bond donors (Lipinski definition) is 1. The fourth-order valence-corrected chi connectivity index (χ4v) is 4.50. The molecule has 0 unspecified atom stereocenters. The van der Waals surface area contributed by atoms with Crippen molar-refractivity contribution in [2.45, 2.75) is 26.9 Å². The van der Waals surface area contributed by atoms with Gasteiger partial charge in [-0.25, -0.2) is 14.1 Å². The van der Waals surface area contributed by atoms with Crippen LogP contribution in [0.25, 0.3) is 22.2 Å². The predicted molar refractivity (Wildman–Crippen MR) is 139 cm³/mol. The number of carbonyl (C=O) groups is 1. The van der Waals surface area contributed by atoms with Crippen LogP contribution in [0, 0.1) is 19.7 Å². The Labute approximate surface area is 216 Å². The highest BCUT2D eigenvalue weighted by molar-refractivity contribution is 6.33. The summed E-state index contributed by atoms with van der Waals surface area (Å²) in [5.74, 6) is -0.660. The molecule has 182 valence electrons. The Balaban J connectivity index is 1.36. The first-order chi connectivity index (χ1) is 17.3. The van der Waals surface area contributed by atoms with E-state index in [1.807, 2.05) is 19.9 Å². The molecular formula is C26H21Cl2FN6O. The number of amides is 1. The van der Waals surface area contributed by atoms with Gasteiger partial charge < -0.3 is 5.32 Å². The summed E-state index contributed by atoms with van der Waals surface area (Å²) < 4.78 is 17.1. The smallest absolute Gasteiger partial charge is 0.247 e. The van der Waals surface area contributed by atoms with Crippen LogP contribution in [-0.4, -0.2) is 30.5 Å². The lowest BCUT2D eigenvalue weighted by molar-refractivity contribution is -0.116. The van der Waals surface area contributed by atoms with E-state index in [9.17, 15) is 9.18 Å². The van der Waals surface area contributed by atoms with Gasteiger partial charge in [0, 0.05) is 28.4 Å². The van der Waals surface area contributed by atoms with Gasteiger partial charge in [-0.15, -0.1) is 0 Å². The second-order valence-corrected chi connectivity index (χ2v) is 9.25. The average molecular weight is 523 g/mol. The molecule has 5 rings (SSSR count). The fraction of sp³-hybridized carbons (Fsp3) is 0.154. The number of fused-ring (bicyclic) bond motifs is 1. The van der Waals surface area contributed by atoms with E-state index in [0.29, 0.717) is 5.65 Å². The van der Waals surface area contributed by atoms with Crippen LogP contribution in [0.1, 0.15) is 16.8 Å². The first-order valence-corrected chi connectivity index (χ1v) is 11.9. The zero-order chi connectivity index (χ0) is 25.4. The van der Waals surface area contributed by atoms with Crippen molar-refractivity contribution in [3.05, 3.63) is 93.6 Å². The number of aromatic nitrogens is 5. The monoisotopic (exact) mass is 522 g/mol. The molecule has 1 N–H and O–H groups in total. The number of carbonyl (C=O) groups excluding carboxylic acids is 1. The summed E-state index contributed by atoms with van der Waals surface area (Å²) in [6.45, 7) is 3.91. The van der Waals surface area contributed by atoms with Crippen molar-refractivity contribution in [1.82, 2.24) is 24.5 Å². The maximum Gasteiger partial charge on any atom is 0.247 e. The quantitative estimate of drug-likeness (QED) is 0.294. The number of pyridine rings is 1. The van der Waals surface area contributed by atoms with E-state index in [1.54, 1.807) is 16.9 Å². The highest BCUT2D eigenvalue weighted by atomic mass is 35.5. The number of rotatable bonds is 6. The van der Waals surface area contributed by atoms with Crippen LogP contribution in [0.3, 0.4) is 0 Å². The Morgan fingerprint density at radius 1 is 1.03 bits per heavy atom. The molecular weight excluding hydrogens is 502 g/mol. The van der Waals surface area contributed by atoms with E-state index < -0.39 is 5.82 Å². The van der Waals surface area contributed by atoms with Crippen molar-refractivity contribution in [3.63, 3.8) is 0 Å². The average Bonchev–Trinajstić information content (AvgIpc) is 3.35. The first-order valence-electron chi connectivity index (χ1n) is 11.1. The summed E-state index contributed by atoms with van der Waals surface area (Å²) in [6.07, 6.45) is 3.21. The highest BCUT2D eigenvalue weighted by Gasteiger charge is 2.18. The predicted octanol–water partition coefficient (Wildman–Crippen LogP) is 6.04. The minimum absolute atomic E-state index is 0.0653. The molecule has 10 heteroatoms. The third-order valence-corrected chi connectivity index (χ3v) is 6.45. The van der Waals surface area contributed by atoms with Crippen LogP contribution in [0.15, 0.2) is 60.9 Å². The van der Waals surface area contributed by atoms with Crippen molar-refractivity contribution in [1.29, 1.82) is 0 Å². The van der Waals surface area contributed by atoms with Crippen LogP contribution < -0.4 is 5.32 Å². The Hall–Kier alpha value is -3.75. The van der Waals surface area contributed by atoms with Gasteiger partial charge in [0.1, 0.15) is 17.4 Å². The Morgan fingerprint density at radius 3 is 2.56 bits per heavy atom. The number of nitrogens with one attached hydrogen (secondary N) is 1. The second-order valence-electron chi connectivity index (χ2n) is 8.44. The summed E-state index contributed by atoms with van der Waals surface area (Å²) in [5, 5.41) is 12.9. The minimum atomic E-state index is -0.446. The summed E-state index contributed by atoms with van der Waals surface area (Å²) in [6, 6.07) is 14.6. The molecule has 0 bridgehead atoms. The molecule has 0 spiro atoms. The topological polar surface area (TPSA) is 77.6 Å². The lowest BCUT2D eigenvalue weighted by Gasteiger charge is -2.07. The molecule has 0 atom stereocenters. The van der Waals surface area contributed by atoms with Gasteiger partial charge in [-0.05, 0) is 43.2 Å². The van der Waals surface area contributed by atoms with Crippen LogP contribution in [0.5, 0.6) is 0 Å². The zero-order valence-electron chi connectivity index (χ0n) is 19.5. The molecule has 0 aliphatic rings.